The first kappa shape index (κ1) is 55.6. The zero-order valence-corrected chi connectivity index (χ0v) is 38.3. The minimum Gasteiger partial charge on any atom is -0.466 e. The largest absolute Gasteiger partial charge is 0.466 e. The third kappa shape index (κ3) is 44.0. The fraction of sp³-hybridized carbons (Fsp3) is 0.922. The van der Waals surface area contributed by atoms with E-state index < -0.39 is 12.1 Å². The van der Waals surface area contributed by atoms with Gasteiger partial charge in [0.15, 0.2) is 0 Å². The van der Waals surface area contributed by atoms with Gasteiger partial charge < -0.3 is 20.3 Å². The van der Waals surface area contributed by atoms with Gasteiger partial charge >= 0.3 is 5.97 Å². The lowest BCUT2D eigenvalue weighted by molar-refractivity contribution is -0.143. The molecular formula is C51H99NO5. The van der Waals surface area contributed by atoms with Crippen molar-refractivity contribution >= 4 is 11.9 Å². The van der Waals surface area contributed by atoms with Gasteiger partial charge in [0.05, 0.1) is 25.4 Å². The molecule has 3 N–H and O–H groups in total. The zero-order chi connectivity index (χ0) is 41.5. The number of aliphatic hydroxyl groups excluding tert-OH is 2. The van der Waals surface area contributed by atoms with Crippen LogP contribution in [0.2, 0.25) is 0 Å². The molecule has 0 fully saturated rings. The van der Waals surface area contributed by atoms with Gasteiger partial charge in [-0.2, -0.15) is 0 Å². The fourth-order valence-corrected chi connectivity index (χ4v) is 7.87. The van der Waals surface area contributed by atoms with Crippen LogP contribution in [0.1, 0.15) is 277 Å². The van der Waals surface area contributed by atoms with Crippen molar-refractivity contribution < 1.29 is 24.5 Å². The smallest absolute Gasteiger partial charge is 0.305 e. The summed E-state index contributed by atoms with van der Waals surface area (Å²) in [5.74, 6) is -0.0755. The van der Waals surface area contributed by atoms with Crippen LogP contribution in [0.25, 0.3) is 0 Å². The van der Waals surface area contributed by atoms with Crippen LogP contribution in [0.5, 0.6) is 0 Å². The predicted octanol–water partition coefficient (Wildman–Crippen LogP) is 15.0. The third-order valence-electron chi connectivity index (χ3n) is 11.8. The number of hydrogen-bond donors (Lipinski definition) is 3. The molecule has 0 heterocycles. The van der Waals surface area contributed by atoms with Gasteiger partial charge in [-0.3, -0.25) is 9.59 Å². The highest BCUT2D eigenvalue weighted by Crippen LogP contribution is 2.16. The third-order valence-corrected chi connectivity index (χ3v) is 11.8. The number of allylic oxidation sites excluding steroid dienone is 2. The van der Waals surface area contributed by atoms with E-state index in [9.17, 15) is 19.8 Å². The Kier molecular flexibility index (Phi) is 46.1. The number of esters is 1. The van der Waals surface area contributed by atoms with Gasteiger partial charge in [0.25, 0.3) is 0 Å². The Morgan fingerprint density at radius 2 is 0.825 bits per heavy atom. The summed E-state index contributed by atoms with van der Waals surface area (Å²) in [5, 5.41) is 23.0. The Bertz CT molecular complexity index is 847. The fourth-order valence-electron chi connectivity index (χ4n) is 7.87. The molecule has 0 aromatic carbocycles. The van der Waals surface area contributed by atoms with Gasteiger partial charge in [-0.15, -0.1) is 0 Å². The number of ether oxygens (including phenoxy) is 1. The molecule has 0 aliphatic rings. The average Bonchev–Trinajstić information content (AvgIpc) is 3.21. The minimum absolute atomic E-state index is 0.00859. The number of hydrogen-bond acceptors (Lipinski definition) is 5. The molecule has 2 atom stereocenters. The average molecular weight is 806 g/mol. The topological polar surface area (TPSA) is 95.9 Å². The SMILES string of the molecule is CCCCCCCCCCCCCCCCCCCCC(=O)OCCCCCCCC/C=C\CCCCCC(=O)NC(CO)C(O)CCCCCCCCCCC. The van der Waals surface area contributed by atoms with E-state index in [1.54, 1.807) is 0 Å². The maximum absolute atomic E-state index is 12.4. The molecule has 0 radical (unpaired) electrons. The van der Waals surface area contributed by atoms with E-state index in [0.29, 0.717) is 25.9 Å². The maximum Gasteiger partial charge on any atom is 0.305 e. The highest BCUT2D eigenvalue weighted by Gasteiger charge is 2.20. The van der Waals surface area contributed by atoms with Crippen LogP contribution in [0.15, 0.2) is 12.2 Å². The van der Waals surface area contributed by atoms with Crippen molar-refractivity contribution in [1.82, 2.24) is 5.32 Å². The molecule has 0 aromatic heterocycles. The summed E-state index contributed by atoms with van der Waals surface area (Å²) in [6.07, 6.45) is 53.3. The first-order valence-corrected chi connectivity index (χ1v) is 25.4. The summed E-state index contributed by atoms with van der Waals surface area (Å²) in [6.45, 7) is 4.89. The number of aliphatic hydroxyl groups is 2. The van der Waals surface area contributed by atoms with Crippen LogP contribution >= 0.6 is 0 Å². The standard InChI is InChI=1S/C51H99NO5/c1-3-5-7-9-11-13-14-15-16-17-18-19-22-25-29-33-37-41-45-51(56)57-46-42-38-34-30-26-23-20-21-24-28-32-36-40-44-50(55)52-48(47-53)49(54)43-39-35-31-27-12-10-8-6-4-2/h21,24,48-49,53-54H,3-20,22-23,25-47H2,1-2H3,(H,52,55)/b24-21-. The first-order valence-electron chi connectivity index (χ1n) is 25.4. The van der Waals surface area contributed by atoms with Crippen LogP contribution < -0.4 is 5.32 Å². The molecule has 338 valence electrons. The van der Waals surface area contributed by atoms with Crippen LogP contribution in [0, 0.1) is 0 Å². The Labute approximate surface area is 355 Å². The maximum atomic E-state index is 12.4. The molecule has 0 spiro atoms. The van der Waals surface area contributed by atoms with E-state index in [1.165, 1.54) is 173 Å². The van der Waals surface area contributed by atoms with Crippen molar-refractivity contribution in [3.8, 4) is 0 Å². The molecule has 0 saturated heterocycles. The first-order chi connectivity index (χ1) is 28.0. The Balaban J connectivity index is 3.43. The summed E-state index contributed by atoms with van der Waals surface area (Å²) in [4.78, 5) is 24.4. The number of rotatable bonds is 47. The van der Waals surface area contributed by atoms with Crippen molar-refractivity contribution in [1.29, 1.82) is 0 Å². The number of unbranched alkanes of at least 4 members (excludes halogenated alkanes) is 34. The van der Waals surface area contributed by atoms with Crippen molar-refractivity contribution in [3.05, 3.63) is 12.2 Å². The van der Waals surface area contributed by atoms with Gasteiger partial charge in [0.2, 0.25) is 5.91 Å². The normalized spacial score (nSPS) is 12.7. The molecule has 6 heteroatoms. The highest BCUT2D eigenvalue weighted by molar-refractivity contribution is 5.76. The van der Waals surface area contributed by atoms with Crippen molar-refractivity contribution in [3.63, 3.8) is 0 Å². The molecule has 6 nitrogen and oxygen atoms in total. The van der Waals surface area contributed by atoms with Gasteiger partial charge in [-0.05, 0) is 51.4 Å². The summed E-state index contributed by atoms with van der Waals surface area (Å²) in [5.41, 5.74) is 0. The Morgan fingerprint density at radius 3 is 1.26 bits per heavy atom. The highest BCUT2D eigenvalue weighted by atomic mass is 16.5. The van der Waals surface area contributed by atoms with Crippen molar-refractivity contribution in [2.24, 2.45) is 0 Å². The summed E-state index contributed by atoms with van der Waals surface area (Å²) in [7, 11) is 0. The monoisotopic (exact) mass is 806 g/mol. The van der Waals surface area contributed by atoms with E-state index in [1.807, 2.05) is 0 Å². The minimum atomic E-state index is -0.678. The lowest BCUT2D eigenvalue weighted by atomic mass is 10.0. The second-order valence-electron chi connectivity index (χ2n) is 17.5. The van der Waals surface area contributed by atoms with E-state index in [0.717, 1.165) is 70.6 Å². The number of carbonyl (C=O) groups excluding carboxylic acids is 2. The van der Waals surface area contributed by atoms with Crippen LogP contribution in [0.4, 0.5) is 0 Å². The summed E-state index contributed by atoms with van der Waals surface area (Å²) < 4.78 is 5.47. The van der Waals surface area contributed by atoms with E-state index >= 15 is 0 Å². The number of amides is 1. The molecule has 0 saturated carbocycles. The molecule has 0 aromatic rings. The summed E-state index contributed by atoms with van der Waals surface area (Å²) in [6, 6.07) is -0.558. The summed E-state index contributed by atoms with van der Waals surface area (Å²) >= 11 is 0. The molecule has 0 bridgehead atoms. The lowest BCUT2D eigenvalue weighted by Gasteiger charge is -2.22. The van der Waals surface area contributed by atoms with Gasteiger partial charge in [0.1, 0.15) is 0 Å². The van der Waals surface area contributed by atoms with E-state index in [2.05, 4.69) is 31.3 Å². The Hall–Kier alpha value is -1.40. The number of nitrogens with one attached hydrogen (secondary N) is 1. The predicted molar refractivity (Wildman–Crippen MR) is 246 cm³/mol. The van der Waals surface area contributed by atoms with Crippen molar-refractivity contribution in [2.75, 3.05) is 13.2 Å². The molecule has 1 amide bonds. The molecule has 57 heavy (non-hydrogen) atoms. The molecule has 0 aliphatic carbocycles. The molecule has 0 rings (SSSR count). The Morgan fingerprint density at radius 1 is 0.474 bits per heavy atom. The zero-order valence-electron chi connectivity index (χ0n) is 38.3. The van der Waals surface area contributed by atoms with Crippen LogP contribution in [0.3, 0.4) is 0 Å². The van der Waals surface area contributed by atoms with Crippen LogP contribution in [-0.2, 0) is 14.3 Å². The van der Waals surface area contributed by atoms with E-state index in [4.69, 9.17) is 4.74 Å². The number of carbonyl (C=O) groups is 2. The molecule has 2 unspecified atom stereocenters. The second-order valence-corrected chi connectivity index (χ2v) is 17.5. The quantitative estimate of drug-likeness (QED) is 0.0323. The molecule has 0 aliphatic heterocycles. The van der Waals surface area contributed by atoms with Gasteiger partial charge in [-0.1, -0.05) is 225 Å². The van der Waals surface area contributed by atoms with Gasteiger partial charge in [-0.25, -0.2) is 0 Å². The van der Waals surface area contributed by atoms with Crippen molar-refractivity contribution in [2.45, 2.75) is 289 Å². The lowest BCUT2D eigenvalue weighted by Crippen LogP contribution is -2.45. The second kappa shape index (κ2) is 47.3. The van der Waals surface area contributed by atoms with E-state index in [-0.39, 0.29) is 18.5 Å². The van der Waals surface area contributed by atoms with Gasteiger partial charge in [0, 0.05) is 12.8 Å². The van der Waals surface area contributed by atoms with Crippen LogP contribution in [-0.4, -0.2) is 47.4 Å². The molecular weight excluding hydrogens is 707 g/mol.